The van der Waals surface area contributed by atoms with Crippen molar-refractivity contribution in [1.29, 1.82) is 0 Å². The van der Waals surface area contributed by atoms with Crippen LogP contribution in [0.4, 0.5) is 0 Å². The predicted molar refractivity (Wildman–Crippen MR) is 49.1 cm³/mol. The van der Waals surface area contributed by atoms with Gasteiger partial charge in [0, 0.05) is 20.7 Å². The molecule has 1 aromatic carbocycles. The van der Waals surface area contributed by atoms with Crippen LogP contribution in [0.25, 0.3) is 0 Å². The van der Waals surface area contributed by atoms with Gasteiger partial charge in [-0.3, -0.25) is 0 Å². The van der Waals surface area contributed by atoms with Crippen molar-refractivity contribution >= 4 is 23.2 Å². The summed E-state index contributed by atoms with van der Waals surface area (Å²) in [6.07, 6.45) is 0. The van der Waals surface area contributed by atoms with Crippen molar-refractivity contribution < 1.29 is 4.11 Å². The zero-order chi connectivity index (χ0) is 10.9. The van der Waals surface area contributed by atoms with E-state index in [-0.39, 0.29) is 12.1 Å². The number of rotatable bonds is 1. The number of aryl methyl sites for hydroxylation is 1. The van der Waals surface area contributed by atoms with E-state index < -0.39 is 6.85 Å². The molecule has 2 N–H and O–H groups in total. The number of hydrogen-bond acceptors (Lipinski definition) is 1. The van der Waals surface area contributed by atoms with Crippen molar-refractivity contribution in [2.24, 2.45) is 5.73 Å². The van der Waals surface area contributed by atoms with E-state index in [1.54, 1.807) is 0 Å². The summed E-state index contributed by atoms with van der Waals surface area (Å²) in [4.78, 5) is 0. The van der Waals surface area contributed by atoms with Gasteiger partial charge in [0.15, 0.2) is 0 Å². The molecule has 0 spiro atoms. The first-order valence-corrected chi connectivity index (χ1v) is 3.80. The maximum atomic E-state index is 7.27. The average molecular weight is 193 g/mol. The Labute approximate surface area is 80.3 Å². The maximum absolute atomic E-state index is 7.27. The van der Waals surface area contributed by atoms with E-state index in [0.717, 1.165) is 0 Å². The fraction of sp³-hybridized carbons (Fsp3) is 0.250. The van der Waals surface area contributed by atoms with E-state index in [9.17, 15) is 0 Å². The smallest absolute Gasteiger partial charge is 0.0468 e. The van der Waals surface area contributed by atoms with Crippen LogP contribution >= 0.6 is 23.2 Å². The number of nitrogens with two attached hydrogens (primary N) is 1. The second-order valence-electron chi connectivity index (χ2n) is 2.12. The summed E-state index contributed by atoms with van der Waals surface area (Å²) < 4.78 is 21.8. The molecule has 0 saturated carbocycles. The predicted octanol–water partition coefficient (Wildman–Crippen LogP) is 2.76. The molecule has 3 heteroatoms. The summed E-state index contributed by atoms with van der Waals surface area (Å²) in [5.74, 6) is 0. The van der Waals surface area contributed by atoms with E-state index in [1.165, 1.54) is 12.1 Å². The SMILES string of the molecule is [2H]C([2H])([2H])c1cc(Cl)cc(Cl)c1CN. The zero-order valence-electron chi connectivity index (χ0n) is 8.70. The van der Waals surface area contributed by atoms with Gasteiger partial charge in [-0.15, -0.1) is 0 Å². The Morgan fingerprint density at radius 3 is 2.82 bits per heavy atom. The van der Waals surface area contributed by atoms with E-state index >= 15 is 0 Å². The minimum atomic E-state index is -2.23. The van der Waals surface area contributed by atoms with Crippen molar-refractivity contribution in [3.05, 3.63) is 33.3 Å². The second-order valence-corrected chi connectivity index (χ2v) is 2.96. The minimum Gasteiger partial charge on any atom is -0.326 e. The van der Waals surface area contributed by atoms with Crippen molar-refractivity contribution in [2.75, 3.05) is 0 Å². The fourth-order valence-corrected chi connectivity index (χ4v) is 1.38. The normalized spacial score (nSPS) is 15.4. The molecule has 60 valence electrons. The lowest BCUT2D eigenvalue weighted by molar-refractivity contribution is 1.05. The molecule has 0 aromatic heterocycles. The zero-order valence-corrected chi connectivity index (χ0v) is 7.21. The molecule has 1 nitrogen and oxygen atoms in total. The Kier molecular flexibility index (Phi) is 1.69. The van der Waals surface area contributed by atoms with E-state index in [2.05, 4.69) is 0 Å². The highest BCUT2D eigenvalue weighted by atomic mass is 35.5. The van der Waals surface area contributed by atoms with Gasteiger partial charge >= 0.3 is 0 Å². The molecule has 1 rings (SSSR count). The maximum Gasteiger partial charge on any atom is 0.0468 e. The van der Waals surface area contributed by atoms with Crippen molar-refractivity contribution in [1.82, 2.24) is 0 Å². The van der Waals surface area contributed by atoms with Crippen LogP contribution in [0, 0.1) is 6.85 Å². The topological polar surface area (TPSA) is 26.0 Å². The molecule has 0 atom stereocenters. The molecule has 0 unspecified atom stereocenters. The Bertz CT molecular complexity index is 349. The summed E-state index contributed by atoms with van der Waals surface area (Å²) in [6.45, 7) is -2.15. The Morgan fingerprint density at radius 1 is 1.55 bits per heavy atom. The first kappa shape index (κ1) is 5.41. The van der Waals surface area contributed by atoms with Gasteiger partial charge in [0.25, 0.3) is 0 Å². The highest BCUT2D eigenvalue weighted by molar-refractivity contribution is 6.35. The lowest BCUT2D eigenvalue weighted by Gasteiger charge is -2.05. The third-order valence-corrected chi connectivity index (χ3v) is 1.92. The van der Waals surface area contributed by atoms with Gasteiger partial charge in [-0.2, -0.15) is 0 Å². The van der Waals surface area contributed by atoms with Crippen LogP contribution in [-0.2, 0) is 6.54 Å². The van der Waals surface area contributed by atoms with Crippen molar-refractivity contribution in [3.63, 3.8) is 0 Å². The average Bonchev–Trinajstić information content (AvgIpc) is 2.01. The monoisotopic (exact) mass is 192 g/mol. The first-order valence-electron chi connectivity index (χ1n) is 4.54. The third-order valence-electron chi connectivity index (χ3n) is 1.36. The van der Waals surface area contributed by atoms with Crippen LogP contribution in [0.5, 0.6) is 0 Å². The number of benzene rings is 1. The van der Waals surface area contributed by atoms with Crippen LogP contribution in [-0.4, -0.2) is 0 Å². The van der Waals surface area contributed by atoms with Crippen LogP contribution in [0.2, 0.25) is 10.0 Å². The molecule has 0 saturated heterocycles. The van der Waals surface area contributed by atoms with E-state index in [4.69, 9.17) is 33.0 Å². The number of hydrogen-bond donors (Lipinski definition) is 1. The molecule has 0 fully saturated rings. The summed E-state index contributed by atoms with van der Waals surface area (Å²) in [6, 6.07) is 2.86. The summed E-state index contributed by atoms with van der Waals surface area (Å²) >= 11 is 11.5. The van der Waals surface area contributed by atoms with Gasteiger partial charge in [0.1, 0.15) is 0 Å². The minimum absolute atomic E-state index is 0.0870. The number of halogens is 2. The second kappa shape index (κ2) is 3.44. The molecule has 0 bridgehead atoms. The Hall–Kier alpha value is -0.240. The van der Waals surface area contributed by atoms with Gasteiger partial charge in [0.05, 0.1) is 0 Å². The quantitative estimate of drug-likeness (QED) is 0.729. The largest absolute Gasteiger partial charge is 0.326 e. The highest BCUT2D eigenvalue weighted by Gasteiger charge is 2.02. The molecule has 0 heterocycles. The lowest BCUT2D eigenvalue weighted by Crippen LogP contribution is -1.99. The lowest BCUT2D eigenvalue weighted by atomic mass is 10.1. The van der Waals surface area contributed by atoms with Crippen molar-refractivity contribution in [3.8, 4) is 0 Å². The van der Waals surface area contributed by atoms with Crippen LogP contribution in [0.15, 0.2) is 12.1 Å². The molecular weight excluding hydrogens is 181 g/mol. The van der Waals surface area contributed by atoms with Gasteiger partial charge in [-0.1, -0.05) is 23.2 Å². The summed E-state index contributed by atoms with van der Waals surface area (Å²) in [5.41, 5.74) is 5.97. The third kappa shape index (κ3) is 1.86. The summed E-state index contributed by atoms with van der Waals surface area (Å²) in [5, 5.41) is 0.601. The Balaban J connectivity index is 3.40. The van der Waals surface area contributed by atoms with Crippen LogP contribution in [0.1, 0.15) is 15.2 Å². The van der Waals surface area contributed by atoms with Gasteiger partial charge in [0.2, 0.25) is 0 Å². The molecule has 0 amide bonds. The van der Waals surface area contributed by atoms with Gasteiger partial charge in [-0.05, 0) is 30.1 Å². The van der Waals surface area contributed by atoms with Crippen LogP contribution in [0.3, 0.4) is 0 Å². The molecule has 0 aliphatic heterocycles. The molecule has 0 aliphatic rings. The Morgan fingerprint density at radius 2 is 2.27 bits per heavy atom. The van der Waals surface area contributed by atoms with E-state index in [0.29, 0.717) is 15.6 Å². The standard InChI is InChI=1S/C8H9Cl2N/c1-5-2-6(9)3-8(10)7(5)4-11/h2-3H,4,11H2,1H3/i1D3. The highest BCUT2D eigenvalue weighted by Crippen LogP contribution is 2.24. The van der Waals surface area contributed by atoms with E-state index in [1.807, 2.05) is 0 Å². The molecule has 0 radical (unpaired) electrons. The summed E-state index contributed by atoms with van der Waals surface area (Å²) in [7, 11) is 0. The molecule has 11 heavy (non-hydrogen) atoms. The first-order chi connectivity index (χ1) is 6.36. The fourth-order valence-electron chi connectivity index (χ4n) is 0.811. The molecular formula is C8H9Cl2N. The van der Waals surface area contributed by atoms with Crippen molar-refractivity contribution in [2.45, 2.75) is 13.4 Å². The molecule has 0 aliphatic carbocycles. The van der Waals surface area contributed by atoms with Gasteiger partial charge in [-0.25, -0.2) is 0 Å². The molecule has 1 aromatic rings. The van der Waals surface area contributed by atoms with Crippen LogP contribution < -0.4 is 5.73 Å². The van der Waals surface area contributed by atoms with Gasteiger partial charge < -0.3 is 5.73 Å².